The number of esters is 1. The highest BCUT2D eigenvalue weighted by Crippen LogP contribution is 2.59. The number of hydrogen-bond donors (Lipinski definition) is 1. The zero-order chi connectivity index (χ0) is 29.2. The van der Waals surface area contributed by atoms with Gasteiger partial charge in [-0.15, -0.1) is 0 Å². The highest BCUT2D eigenvalue weighted by molar-refractivity contribution is 5.75. The van der Waals surface area contributed by atoms with E-state index in [1.807, 2.05) is 0 Å². The summed E-state index contributed by atoms with van der Waals surface area (Å²) in [6.07, 6.45) is 7.62. The number of amides is 1. The molecule has 230 valence electrons. The van der Waals surface area contributed by atoms with E-state index < -0.39 is 0 Å². The molecule has 0 bridgehead atoms. The SMILES string of the molecule is COC1C(OC(=O)CCCOCCOCCNC(=O)CCCC(C)C)CC[C@]2(CO2)C1C1(C)O[C@@H]1CC=C(C)C. The second-order valence-electron chi connectivity index (χ2n) is 12.4. The number of nitrogens with one attached hydrogen (secondary N) is 1. The molecule has 3 aliphatic rings. The molecule has 0 radical (unpaired) electrons. The van der Waals surface area contributed by atoms with Crippen LogP contribution in [0.25, 0.3) is 0 Å². The van der Waals surface area contributed by atoms with Crippen molar-refractivity contribution in [1.82, 2.24) is 5.32 Å². The second-order valence-corrected chi connectivity index (χ2v) is 12.4. The van der Waals surface area contributed by atoms with E-state index in [2.05, 4.69) is 46.0 Å². The molecule has 2 saturated heterocycles. The minimum absolute atomic E-state index is 0.0219. The number of epoxide rings is 2. The molecule has 4 unspecified atom stereocenters. The van der Waals surface area contributed by atoms with E-state index in [-0.39, 0.29) is 47.3 Å². The summed E-state index contributed by atoms with van der Waals surface area (Å²) in [4.78, 5) is 24.4. The van der Waals surface area contributed by atoms with Gasteiger partial charge < -0.3 is 33.7 Å². The molecule has 1 N–H and O–H groups in total. The predicted octanol–water partition coefficient (Wildman–Crippen LogP) is 4.36. The lowest BCUT2D eigenvalue weighted by Gasteiger charge is -2.42. The van der Waals surface area contributed by atoms with Gasteiger partial charge in [-0.1, -0.05) is 31.9 Å². The van der Waals surface area contributed by atoms with Gasteiger partial charge in [0, 0.05) is 33.1 Å². The molecule has 6 atom stereocenters. The Morgan fingerprint density at radius 1 is 1.07 bits per heavy atom. The van der Waals surface area contributed by atoms with Gasteiger partial charge in [0.05, 0.1) is 38.4 Å². The summed E-state index contributed by atoms with van der Waals surface area (Å²) in [6.45, 7) is 13.7. The molecule has 1 aliphatic carbocycles. The van der Waals surface area contributed by atoms with Gasteiger partial charge in [0.15, 0.2) is 0 Å². The van der Waals surface area contributed by atoms with E-state index in [0.29, 0.717) is 64.8 Å². The molecule has 0 aromatic rings. The summed E-state index contributed by atoms with van der Waals surface area (Å²) in [5.74, 6) is 0.489. The van der Waals surface area contributed by atoms with Crippen molar-refractivity contribution in [1.29, 1.82) is 0 Å². The minimum Gasteiger partial charge on any atom is -0.460 e. The maximum atomic E-state index is 12.7. The number of carbonyl (C=O) groups is 2. The largest absolute Gasteiger partial charge is 0.460 e. The highest BCUT2D eigenvalue weighted by Gasteiger charge is 2.72. The molecule has 40 heavy (non-hydrogen) atoms. The third kappa shape index (κ3) is 9.79. The minimum atomic E-state index is -0.344. The van der Waals surface area contributed by atoms with Gasteiger partial charge in [-0.25, -0.2) is 0 Å². The van der Waals surface area contributed by atoms with E-state index in [9.17, 15) is 9.59 Å². The third-order valence-corrected chi connectivity index (χ3v) is 8.32. The Labute approximate surface area is 241 Å². The number of allylic oxidation sites excluding steroid dienone is 1. The Morgan fingerprint density at radius 3 is 2.45 bits per heavy atom. The van der Waals surface area contributed by atoms with Crippen molar-refractivity contribution in [3.05, 3.63) is 11.6 Å². The standard InChI is InChI=1S/C31H53NO8/c1-22(2)9-7-10-26(33)32-16-18-37-20-19-36-17-8-11-27(34)39-24-14-15-31(21-38-31)29(28(24)35-6)30(5)25(40-30)13-12-23(3)4/h12,22,24-25,28-29H,7-11,13-21H2,1-6H3,(H,32,33)/t24?,25-,28?,29?,30?,31+/m1/s1. The lowest BCUT2D eigenvalue weighted by Crippen LogP contribution is -2.55. The van der Waals surface area contributed by atoms with Crippen molar-refractivity contribution < 1.29 is 38.0 Å². The van der Waals surface area contributed by atoms with Gasteiger partial charge in [0.1, 0.15) is 23.4 Å². The molecular formula is C31H53NO8. The van der Waals surface area contributed by atoms with Crippen molar-refractivity contribution in [2.75, 3.05) is 46.7 Å². The van der Waals surface area contributed by atoms with E-state index >= 15 is 0 Å². The zero-order valence-electron chi connectivity index (χ0n) is 25.6. The van der Waals surface area contributed by atoms with Crippen LogP contribution in [0.1, 0.15) is 86.0 Å². The fraction of sp³-hybridized carbons (Fsp3) is 0.871. The summed E-state index contributed by atoms with van der Waals surface area (Å²) >= 11 is 0. The van der Waals surface area contributed by atoms with E-state index in [1.54, 1.807) is 7.11 Å². The Hall–Kier alpha value is -1.52. The number of ether oxygens (including phenoxy) is 6. The molecule has 3 fully saturated rings. The first-order valence-corrected chi connectivity index (χ1v) is 15.2. The van der Waals surface area contributed by atoms with Crippen molar-refractivity contribution >= 4 is 11.9 Å². The average molecular weight is 568 g/mol. The molecule has 3 rings (SSSR count). The van der Waals surface area contributed by atoms with Gasteiger partial charge in [-0.2, -0.15) is 0 Å². The number of methoxy groups -OCH3 is 1. The molecule has 9 nitrogen and oxygen atoms in total. The molecule has 1 saturated carbocycles. The molecule has 2 heterocycles. The quantitative estimate of drug-likeness (QED) is 0.106. The number of hydrogen-bond acceptors (Lipinski definition) is 8. The number of rotatable bonds is 19. The topological polar surface area (TPSA) is 108 Å². The van der Waals surface area contributed by atoms with E-state index in [1.165, 1.54) is 5.57 Å². The summed E-state index contributed by atoms with van der Waals surface area (Å²) < 4.78 is 35.2. The highest BCUT2D eigenvalue weighted by atomic mass is 16.6. The van der Waals surface area contributed by atoms with Crippen LogP contribution in [0.5, 0.6) is 0 Å². The van der Waals surface area contributed by atoms with Crippen LogP contribution in [-0.4, -0.2) is 88.1 Å². The smallest absolute Gasteiger partial charge is 0.306 e. The predicted molar refractivity (Wildman–Crippen MR) is 152 cm³/mol. The van der Waals surface area contributed by atoms with Crippen LogP contribution in [0, 0.1) is 11.8 Å². The van der Waals surface area contributed by atoms with Crippen LogP contribution in [0.3, 0.4) is 0 Å². The molecular weight excluding hydrogens is 514 g/mol. The van der Waals surface area contributed by atoms with Crippen LogP contribution in [-0.2, 0) is 38.0 Å². The molecule has 1 spiro atoms. The van der Waals surface area contributed by atoms with Gasteiger partial charge >= 0.3 is 5.97 Å². The van der Waals surface area contributed by atoms with Gasteiger partial charge in [-0.05, 0) is 58.8 Å². The lowest BCUT2D eigenvalue weighted by atomic mass is 9.68. The molecule has 0 aromatic carbocycles. The Morgan fingerprint density at radius 2 is 1.80 bits per heavy atom. The normalized spacial score (nSPS) is 30.8. The number of carbonyl (C=O) groups excluding carboxylic acids is 2. The maximum Gasteiger partial charge on any atom is 0.306 e. The fourth-order valence-electron chi connectivity index (χ4n) is 5.96. The van der Waals surface area contributed by atoms with Crippen molar-refractivity contribution in [2.45, 2.75) is 115 Å². The van der Waals surface area contributed by atoms with Crippen LogP contribution >= 0.6 is 0 Å². The third-order valence-electron chi connectivity index (χ3n) is 8.32. The summed E-state index contributed by atoms with van der Waals surface area (Å²) in [7, 11) is 1.69. The molecule has 0 aromatic heterocycles. The van der Waals surface area contributed by atoms with Crippen LogP contribution < -0.4 is 5.32 Å². The van der Waals surface area contributed by atoms with Gasteiger partial charge in [0.2, 0.25) is 5.91 Å². The van der Waals surface area contributed by atoms with Crippen molar-refractivity contribution in [3.63, 3.8) is 0 Å². The molecule has 1 amide bonds. The summed E-state index contributed by atoms with van der Waals surface area (Å²) in [6, 6.07) is 0. The maximum absolute atomic E-state index is 12.7. The van der Waals surface area contributed by atoms with E-state index in [0.717, 1.165) is 32.1 Å². The van der Waals surface area contributed by atoms with Crippen molar-refractivity contribution in [2.24, 2.45) is 11.8 Å². The Balaban J connectivity index is 1.28. The summed E-state index contributed by atoms with van der Waals surface area (Å²) in [5, 5.41) is 2.87. The van der Waals surface area contributed by atoms with Crippen molar-refractivity contribution in [3.8, 4) is 0 Å². The Kier molecular flexibility index (Phi) is 12.9. The average Bonchev–Trinajstić information content (AvgIpc) is 3.81. The van der Waals surface area contributed by atoms with Crippen LogP contribution in [0.15, 0.2) is 11.6 Å². The lowest BCUT2D eigenvalue weighted by molar-refractivity contribution is -0.172. The van der Waals surface area contributed by atoms with Gasteiger partial charge in [0.25, 0.3) is 0 Å². The summed E-state index contributed by atoms with van der Waals surface area (Å²) in [5.41, 5.74) is 0.703. The molecule has 2 aliphatic heterocycles. The van der Waals surface area contributed by atoms with Crippen LogP contribution in [0.4, 0.5) is 0 Å². The first-order chi connectivity index (χ1) is 19.1. The zero-order valence-corrected chi connectivity index (χ0v) is 25.6. The second kappa shape index (κ2) is 15.6. The van der Waals surface area contributed by atoms with Gasteiger partial charge in [-0.3, -0.25) is 9.59 Å². The first kappa shape index (κ1) is 33.0. The molecule has 9 heteroatoms. The fourth-order valence-corrected chi connectivity index (χ4v) is 5.96. The Bertz CT molecular complexity index is 837. The monoisotopic (exact) mass is 567 g/mol. The van der Waals surface area contributed by atoms with E-state index in [4.69, 9.17) is 28.4 Å². The first-order valence-electron chi connectivity index (χ1n) is 15.2. The van der Waals surface area contributed by atoms with Crippen LogP contribution in [0.2, 0.25) is 0 Å².